The molecule has 0 aromatic carbocycles. The molecule has 1 amide bonds. The lowest BCUT2D eigenvalue weighted by molar-refractivity contribution is -0.117. The lowest BCUT2D eigenvalue weighted by Gasteiger charge is -2.58. The summed E-state index contributed by atoms with van der Waals surface area (Å²) in [6.45, 7) is 14.7. The van der Waals surface area contributed by atoms with E-state index >= 15 is 0 Å². The van der Waals surface area contributed by atoms with Crippen LogP contribution in [0.3, 0.4) is 0 Å². The zero-order valence-corrected chi connectivity index (χ0v) is 24.3. The number of carbonyl (C=O) groups excluding carboxylic acids is 2. The van der Waals surface area contributed by atoms with Gasteiger partial charge in [-0.1, -0.05) is 38.4 Å². The van der Waals surface area contributed by atoms with Gasteiger partial charge < -0.3 is 10.1 Å². The summed E-state index contributed by atoms with van der Waals surface area (Å²) in [5.74, 6) is 3.34. The molecule has 1 heterocycles. The van der Waals surface area contributed by atoms with Crippen molar-refractivity contribution in [2.24, 2.45) is 45.6 Å². The zero-order chi connectivity index (χ0) is 27.1. The van der Waals surface area contributed by atoms with Crippen molar-refractivity contribution in [3.05, 3.63) is 11.6 Å². The third-order valence-corrected chi connectivity index (χ3v) is 11.1. The van der Waals surface area contributed by atoms with Crippen molar-refractivity contribution < 1.29 is 19.2 Å². The Morgan fingerprint density at radius 2 is 1.95 bits per heavy atom. The van der Waals surface area contributed by atoms with Crippen molar-refractivity contribution in [1.82, 2.24) is 10.2 Å². The van der Waals surface area contributed by atoms with Gasteiger partial charge in [-0.3, -0.25) is 14.5 Å². The number of hydrogen-bond acceptors (Lipinski definition) is 6. The van der Waals surface area contributed by atoms with Crippen LogP contribution < -0.4 is 5.32 Å². The van der Waals surface area contributed by atoms with Crippen LogP contribution in [0.2, 0.25) is 0 Å². The average molecular weight is 528 g/mol. The summed E-state index contributed by atoms with van der Waals surface area (Å²) in [6, 6.07) is 0.0733. The molecule has 1 aliphatic heterocycles. The normalized spacial score (nSPS) is 37.2. The molecule has 38 heavy (non-hydrogen) atoms. The fourth-order valence-electron chi connectivity index (χ4n) is 8.89. The molecular weight excluding hydrogens is 478 g/mol. The molecule has 0 spiro atoms. The number of carbonyl (C=O) groups is 2. The first-order valence-electron chi connectivity index (χ1n) is 15.2. The van der Waals surface area contributed by atoms with E-state index in [9.17, 15) is 9.59 Å². The van der Waals surface area contributed by atoms with E-state index in [-0.39, 0.29) is 23.0 Å². The van der Waals surface area contributed by atoms with E-state index in [2.05, 4.69) is 45.1 Å². The summed E-state index contributed by atoms with van der Waals surface area (Å²) in [7, 11) is 0. The average Bonchev–Trinajstić information content (AvgIpc) is 3.20. The molecule has 0 unspecified atom stereocenters. The Bertz CT molecular complexity index is 972. The van der Waals surface area contributed by atoms with Gasteiger partial charge in [-0.05, 0) is 99.0 Å². The quantitative estimate of drug-likeness (QED) is 0.193. The van der Waals surface area contributed by atoms with E-state index in [1.54, 1.807) is 4.90 Å². The number of ketones is 1. The molecule has 7 heteroatoms. The van der Waals surface area contributed by atoms with Gasteiger partial charge >= 0.3 is 6.09 Å². The third-order valence-electron chi connectivity index (χ3n) is 11.1. The number of nitrogens with one attached hydrogen (secondary N) is 1. The molecule has 212 valence electrons. The standard InChI is InChI=1S/C31H49N3O4/c1-20(2)17-32-14-15-34(23-18-37-19-23)29(36)38-33-21(3)26-8-9-27-25-7-6-22-16-24(35)10-12-30(22,4)28(25)11-13-31(26,27)5/h16,20,23,25-28,32H,6-15,17-19H2,1-5H3/b33-21+/t25-,26+,27-,28-,30-,31+/m0/s1. The maximum atomic E-state index is 13.1. The minimum Gasteiger partial charge on any atom is -0.377 e. The molecule has 5 rings (SSSR count). The lowest BCUT2D eigenvalue weighted by Crippen LogP contribution is -2.53. The molecule has 0 aromatic rings. The molecule has 0 radical (unpaired) electrons. The first-order valence-corrected chi connectivity index (χ1v) is 15.2. The summed E-state index contributed by atoms with van der Waals surface area (Å²) in [5.41, 5.74) is 2.80. The minimum atomic E-state index is -0.362. The number of ether oxygens (including phenoxy) is 1. The molecule has 7 nitrogen and oxygen atoms in total. The van der Waals surface area contributed by atoms with E-state index in [1.165, 1.54) is 31.3 Å². The van der Waals surface area contributed by atoms with Gasteiger partial charge in [0.1, 0.15) is 0 Å². The predicted molar refractivity (Wildman–Crippen MR) is 149 cm³/mol. The monoisotopic (exact) mass is 527 g/mol. The number of nitrogens with zero attached hydrogens (tertiary/aromatic N) is 2. The van der Waals surface area contributed by atoms with Crippen LogP contribution in [-0.2, 0) is 14.4 Å². The highest BCUT2D eigenvalue weighted by Gasteiger charge is 2.59. The second kappa shape index (κ2) is 11.0. The SMILES string of the molecule is C/C(=N\OC(=O)N(CCNCC(C)C)C1COC1)[C@H]1CC[C@H]2[C@@H]3CCC4=CC(=O)CC[C@]4(C)[C@H]3CC[C@]12C. The van der Waals surface area contributed by atoms with Gasteiger partial charge in [0.05, 0.1) is 25.0 Å². The zero-order valence-electron chi connectivity index (χ0n) is 24.3. The highest BCUT2D eigenvalue weighted by Crippen LogP contribution is 2.66. The molecule has 0 aromatic heterocycles. The van der Waals surface area contributed by atoms with Crippen molar-refractivity contribution in [3.8, 4) is 0 Å². The highest BCUT2D eigenvalue weighted by molar-refractivity contribution is 5.91. The van der Waals surface area contributed by atoms with Crippen molar-refractivity contribution in [2.75, 3.05) is 32.8 Å². The van der Waals surface area contributed by atoms with E-state index in [1.807, 2.05) is 6.08 Å². The molecule has 6 atom stereocenters. The molecule has 4 fully saturated rings. The summed E-state index contributed by atoms with van der Waals surface area (Å²) < 4.78 is 5.35. The largest absolute Gasteiger partial charge is 0.436 e. The first kappa shape index (κ1) is 27.8. The Kier molecular flexibility index (Phi) is 8.08. The van der Waals surface area contributed by atoms with Crippen molar-refractivity contribution in [3.63, 3.8) is 0 Å². The Hall–Kier alpha value is -1.73. The van der Waals surface area contributed by atoms with Gasteiger partial charge in [0.25, 0.3) is 0 Å². The number of allylic oxidation sites excluding steroid dienone is 1. The van der Waals surface area contributed by atoms with Gasteiger partial charge in [-0.2, -0.15) is 0 Å². The summed E-state index contributed by atoms with van der Waals surface area (Å²) in [4.78, 5) is 32.6. The van der Waals surface area contributed by atoms with E-state index in [0.29, 0.717) is 55.6 Å². The van der Waals surface area contributed by atoms with E-state index in [0.717, 1.165) is 44.0 Å². The third kappa shape index (κ3) is 5.10. The second-order valence-corrected chi connectivity index (χ2v) is 13.7. The van der Waals surface area contributed by atoms with Crippen LogP contribution in [0, 0.1) is 40.4 Å². The molecule has 4 aliphatic carbocycles. The number of oxime groups is 1. The van der Waals surface area contributed by atoms with E-state index in [4.69, 9.17) is 9.57 Å². The van der Waals surface area contributed by atoms with Gasteiger partial charge in [-0.25, -0.2) is 4.79 Å². The summed E-state index contributed by atoms with van der Waals surface area (Å²) in [6.07, 6.45) is 10.4. The number of hydrogen-bond donors (Lipinski definition) is 1. The van der Waals surface area contributed by atoms with E-state index < -0.39 is 0 Å². The van der Waals surface area contributed by atoms with Crippen LogP contribution >= 0.6 is 0 Å². The summed E-state index contributed by atoms with van der Waals surface area (Å²) in [5, 5.41) is 7.89. The Labute approximate surface area is 229 Å². The molecule has 5 aliphatic rings. The number of rotatable bonds is 8. The predicted octanol–water partition coefficient (Wildman–Crippen LogP) is 5.59. The fraction of sp³-hybridized carbons (Fsp3) is 0.839. The Morgan fingerprint density at radius 1 is 1.16 bits per heavy atom. The van der Waals surface area contributed by atoms with Crippen LogP contribution in [0.4, 0.5) is 4.79 Å². The summed E-state index contributed by atoms with van der Waals surface area (Å²) >= 11 is 0. The maximum Gasteiger partial charge on any atom is 0.436 e. The van der Waals surface area contributed by atoms with Crippen molar-refractivity contribution in [2.45, 2.75) is 92.0 Å². The van der Waals surface area contributed by atoms with Crippen LogP contribution in [0.25, 0.3) is 0 Å². The molecule has 1 saturated heterocycles. The number of fused-ring (bicyclic) bond motifs is 5. The molecule has 1 N–H and O–H groups in total. The molecule has 3 saturated carbocycles. The Balaban J connectivity index is 1.23. The van der Waals surface area contributed by atoms with Gasteiger partial charge in [0.2, 0.25) is 0 Å². The molecule has 0 bridgehead atoms. The van der Waals surface area contributed by atoms with Crippen molar-refractivity contribution in [1.29, 1.82) is 0 Å². The van der Waals surface area contributed by atoms with Crippen LogP contribution in [0.1, 0.15) is 86.0 Å². The first-order chi connectivity index (χ1) is 18.1. The highest BCUT2D eigenvalue weighted by atomic mass is 16.7. The topological polar surface area (TPSA) is 80.2 Å². The second-order valence-electron chi connectivity index (χ2n) is 13.7. The van der Waals surface area contributed by atoms with Crippen LogP contribution in [0.15, 0.2) is 16.8 Å². The molecular formula is C31H49N3O4. The Morgan fingerprint density at radius 3 is 2.66 bits per heavy atom. The van der Waals surface area contributed by atoms with Crippen LogP contribution in [0.5, 0.6) is 0 Å². The van der Waals surface area contributed by atoms with Gasteiger partial charge in [0.15, 0.2) is 5.78 Å². The maximum absolute atomic E-state index is 13.1. The minimum absolute atomic E-state index is 0.0733. The number of amides is 1. The van der Waals surface area contributed by atoms with Gasteiger partial charge in [0, 0.05) is 25.4 Å². The van der Waals surface area contributed by atoms with Crippen molar-refractivity contribution >= 4 is 17.6 Å². The fourth-order valence-corrected chi connectivity index (χ4v) is 8.89. The lowest BCUT2D eigenvalue weighted by atomic mass is 9.46. The van der Waals surface area contributed by atoms with Crippen LogP contribution in [-0.4, -0.2) is 61.4 Å². The smallest absolute Gasteiger partial charge is 0.377 e. The van der Waals surface area contributed by atoms with Gasteiger partial charge in [-0.15, -0.1) is 0 Å².